The number of aromatic nitrogens is 3. The first kappa shape index (κ1) is 22.4. The molecule has 11 heteroatoms. The van der Waals surface area contributed by atoms with Crippen LogP contribution in [-0.2, 0) is 17.3 Å². The number of hydrogen-bond acceptors (Lipinski definition) is 5. The number of nitrogens with zero attached hydrogens (tertiary/aromatic N) is 3. The number of pyridine rings is 1. The van der Waals surface area contributed by atoms with Gasteiger partial charge in [0.2, 0.25) is 0 Å². The van der Waals surface area contributed by atoms with E-state index >= 15 is 0 Å². The van der Waals surface area contributed by atoms with E-state index in [1.807, 2.05) is 0 Å². The predicted octanol–water partition coefficient (Wildman–Crippen LogP) is 4.22. The molecule has 0 fully saturated rings. The molecule has 0 radical (unpaired) electrons. The van der Waals surface area contributed by atoms with E-state index in [0.717, 1.165) is 11.8 Å². The van der Waals surface area contributed by atoms with Gasteiger partial charge < -0.3 is 4.74 Å². The van der Waals surface area contributed by atoms with Gasteiger partial charge in [0.1, 0.15) is 5.69 Å². The molecule has 29 heavy (non-hydrogen) atoms. The highest BCUT2D eigenvalue weighted by Crippen LogP contribution is 2.38. The topological polar surface area (TPSA) is 74.1 Å². The summed E-state index contributed by atoms with van der Waals surface area (Å²) in [6, 6.07) is 0. The van der Waals surface area contributed by atoms with Gasteiger partial charge in [0.15, 0.2) is 5.69 Å². The van der Waals surface area contributed by atoms with Gasteiger partial charge in [0.05, 0.1) is 24.4 Å². The van der Waals surface area contributed by atoms with E-state index < -0.39 is 52.6 Å². The maximum Gasteiger partial charge on any atom is 0.434 e. The first-order valence-corrected chi connectivity index (χ1v) is 8.44. The zero-order valence-electron chi connectivity index (χ0n) is 16.0. The molecule has 2 aromatic heterocycles. The Bertz CT molecular complexity index is 936. The molecule has 0 aromatic carbocycles. The van der Waals surface area contributed by atoms with Crippen molar-refractivity contribution in [2.45, 2.75) is 39.8 Å². The summed E-state index contributed by atoms with van der Waals surface area (Å²) in [5.74, 6) is -2.92. The highest BCUT2D eigenvalue weighted by Gasteiger charge is 2.43. The molecular weight excluding hydrogens is 401 g/mol. The van der Waals surface area contributed by atoms with Gasteiger partial charge in [0, 0.05) is 6.20 Å². The van der Waals surface area contributed by atoms with Crippen LogP contribution in [0.1, 0.15) is 63.5 Å². The summed E-state index contributed by atoms with van der Waals surface area (Å²) in [6.07, 6.45) is -6.48. The van der Waals surface area contributed by atoms with Crippen LogP contribution in [0.2, 0.25) is 0 Å². The van der Waals surface area contributed by atoms with Crippen molar-refractivity contribution in [3.05, 3.63) is 46.0 Å². The zero-order valence-corrected chi connectivity index (χ0v) is 16.0. The molecule has 0 unspecified atom stereocenters. The van der Waals surface area contributed by atoms with Gasteiger partial charge in [-0.2, -0.15) is 18.3 Å². The quantitative estimate of drug-likeness (QED) is 0.536. The van der Waals surface area contributed by atoms with E-state index in [2.05, 4.69) is 14.8 Å². The Morgan fingerprint density at radius 2 is 1.83 bits per heavy atom. The van der Waals surface area contributed by atoms with Gasteiger partial charge in [0.25, 0.3) is 12.3 Å². The van der Waals surface area contributed by atoms with E-state index in [-0.39, 0.29) is 12.3 Å². The van der Waals surface area contributed by atoms with Crippen LogP contribution in [0.4, 0.5) is 22.0 Å². The molecule has 0 aliphatic heterocycles. The predicted molar refractivity (Wildman–Crippen MR) is 90.8 cm³/mol. The number of carbonyl (C=O) groups excluding carboxylic acids is 2. The summed E-state index contributed by atoms with van der Waals surface area (Å²) < 4.78 is 73.2. The fourth-order valence-electron chi connectivity index (χ4n) is 2.83. The average molecular weight is 419 g/mol. The molecule has 0 amide bonds. The van der Waals surface area contributed by atoms with Crippen LogP contribution >= 0.6 is 0 Å². The monoisotopic (exact) mass is 419 g/mol. The van der Waals surface area contributed by atoms with Crippen molar-refractivity contribution in [1.29, 1.82) is 0 Å². The Morgan fingerprint density at radius 3 is 2.24 bits per heavy atom. The molecule has 0 saturated heterocycles. The van der Waals surface area contributed by atoms with Gasteiger partial charge in [-0.1, -0.05) is 13.8 Å². The highest BCUT2D eigenvalue weighted by molar-refractivity contribution is 6.02. The second kappa shape index (κ2) is 8.26. The van der Waals surface area contributed by atoms with E-state index in [1.165, 1.54) is 12.4 Å². The number of alkyl halides is 5. The first-order valence-electron chi connectivity index (χ1n) is 8.44. The van der Waals surface area contributed by atoms with E-state index in [4.69, 9.17) is 0 Å². The summed E-state index contributed by atoms with van der Waals surface area (Å²) in [7, 11) is 0.848. The third-order valence-corrected chi connectivity index (χ3v) is 3.94. The van der Waals surface area contributed by atoms with Crippen LogP contribution in [-0.4, -0.2) is 33.8 Å². The van der Waals surface area contributed by atoms with Crippen molar-refractivity contribution in [2.75, 3.05) is 7.11 Å². The van der Waals surface area contributed by atoms with Crippen LogP contribution < -0.4 is 0 Å². The van der Waals surface area contributed by atoms with Gasteiger partial charge in [-0.3, -0.25) is 4.79 Å². The smallest absolute Gasteiger partial charge is 0.434 e. The third kappa shape index (κ3) is 4.60. The maximum atomic E-state index is 13.7. The molecule has 158 valence electrons. The largest absolute Gasteiger partial charge is 0.465 e. The van der Waals surface area contributed by atoms with Crippen molar-refractivity contribution in [3.63, 3.8) is 0 Å². The molecule has 0 aliphatic rings. The number of aryl methyl sites for hydroxylation is 1. The molecule has 0 aliphatic carbocycles. The lowest BCUT2D eigenvalue weighted by Gasteiger charge is -2.21. The minimum Gasteiger partial charge on any atom is -0.465 e. The summed E-state index contributed by atoms with van der Waals surface area (Å²) in [6.45, 7) is 4.79. The van der Waals surface area contributed by atoms with Crippen LogP contribution in [0, 0.1) is 12.8 Å². The second-order valence-corrected chi connectivity index (χ2v) is 6.73. The van der Waals surface area contributed by atoms with E-state index in [9.17, 15) is 31.5 Å². The minimum atomic E-state index is -5.22. The Balaban J connectivity index is 2.99. The standard InChI is InChI=1S/C18H18F5N3O3/c1-8(2)5-10-11(16(27)26-7-9(3)6-24-26)13(15(19)20)25-14(18(21,22)23)12(10)17(28)29-4/h6-8,15H,5H2,1-4H3. The zero-order chi connectivity index (χ0) is 22.1. The average Bonchev–Trinajstić information content (AvgIpc) is 3.04. The fourth-order valence-corrected chi connectivity index (χ4v) is 2.83. The maximum absolute atomic E-state index is 13.7. The lowest BCUT2D eigenvalue weighted by Crippen LogP contribution is -2.27. The number of methoxy groups -OCH3 is 1. The minimum absolute atomic E-state index is 0.267. The molecule has 0 saturated carbocycles. The van der Waals surface area contributed by atoms with Crippen molar-refractivity contribution in [3.8, 4) is 0 Å². The summed E-state index contributed by atoms with van der Waals surface area (Å²) >= 11 is 0. The first-order chi connectivity index (χ1) is 13.4. The van der Waals surface area contributed by atoms with Crippen LogP contribution in [0.3, 0.4) is 0 Å². The SMILES string of the molecule is COC(=O)c1c(C(F)(F)F)nc(C(F)F)c(C(=O)n2cc(C)cn2)c1CC(C)C. The summed E-state index contributed by atoms with van der Waals surface area (Å²) in [5.41, 5.74) is -4.99. The Morgan fingerprint density at radius 1 is 1.21 bits per heavy atom. The van der Waals surface area contributed by atoms with Gasteiger partial charge >= 0.3 is 12.1 Å². The lowest BCUT2D eigenvalue weighted by atomic mass is 9.90. The molecule has 2 heterocycles. The second-order valence-electron chi connectivity index (χ2n) is 6.73. The van der Waals surface area contributed by atoms with E-state index in [1.54, 1.807) is 20.8 Å². The Labute approximate surface area is 162 Å². The number of rotatable bonds is 5. The third-order valence-electron chi connectivity index (χ3n) is 3.94. The van der Waals surface area contributed by atoms with E-state index in [0.29, 0.717) is 5.56 Å². The fraction of sp³-hybridized carbons (Fsp3) is 0.444. The molecule has 2 aromatic rings. The number of ether oxygens (including phenoxy) is 1. The van der Waals surface area contributed by atoms with Crippen molar-refractivity contribution < 1.29 is 36.3 Å². The Kier molecular flexibility index (Phi) is 6.39. The van der Waals surface area contributed by atoms with Gasteiger partial charge in [-0.05, 0) is 30.4 Å². The molecular formula is C18H18F5N3O3. The van der Waals surface area contributed by atoms with Gasteiger partial charge in [-0.15, -0.1) is 0 Å². The summed E-state index contributed by atoms with van der Waals surface area (Å²) in [5, 5.41) is 3.73. The highest BCUT2D eigenvalue weighted by atomic mass is 19.4. The van der Waals surface area contributed by atoms with Crippen LogP contribution in [0.5, 0.6) is 0 Å². The molecule has 0 spiro atoms. The van der Waals surface area contributed by atoms with Crippen molar-refractivity contribution in [2.24, 2.45) is 5.92 Å². The van der Waals surface area contributed by atoms with Crippen LogP contribution in [0.25, 0.3) is 0 Å². The number of carbonyl (C=O) groups is 2. The number of hydrogen-bond donors (Lipinski definition) is 0. The summed E-state index contributed by atoms with van der Waals surface area (Å²) in [4.78, 5) is 28.1. The molecule has 0 N–H and O–H groups in total. The molecule has 2 rings (SSSR count). The normalized spacial score (nSPS) is 12.0. The number of halogens is 5. The lowest BCUT2D eigenvalue weighted by molar-refractivity contribution is -0.142. The number of esters is 1. The van der Waals surface area contributed by atoms with Crippen LogP contribution in [0.15, 0.2) is 12.4 Å². The molecule has 0 bridgehead atoms. The Hall–Kier alpha value is -2.85. The molecule has 6 nitrogen and oxygen atoms in total. The van der Waals surface area contributed by atoms with Gasteiger partial charge in [-0.25, -0.2) is 23.2 Å². The van der Waals surface area contributed by atoms with Crippen molar-refractivity contribution in [1.82, 2.24) is 14.8 Å². The van der Waals surface area contributed by atoms with Crippen molar-refractivity contribution >= 4 is 11.9 Å². The molecule has 0 atom stereocenters.